The summed E-state index contributed by atoms with van der Waals surface area (Å²) in [6.07, 6.45) is 10.8. The number of aromatic amines is 2. The number of carbonyl (C=O) groups is 1. The molecule has 3 N–H and O–H groups in total. The van der Waals surface area contributed by atoms with Gasteiger partial charge in [0.2, 0.25) is 0 Å². The average Bonchev–Trinajstić information content (AvgIpc) is 3.43. The van der Waals surface area contributed by atoms with Gasteiger partial charge in [0.25, 0.3) is 0 Å². The second kappa shape index (κ2) is 20.3. The number of nitrogens with zero attached hydrogens (tertiary/aromatic N) is 1. The summed E-state index contributed by atoms with van der Waals surface area (Å²) in [7, 11) is 0. The minimum absolute atomic E-state index is 0.0596. The molecule has 0 amide bonds. The highest BCUT2D eigenvalue weighted by molar-refractivity contribution is 7.09. The van der Waals surface area contributed by atoms with Gasteiger partial charge in [0.05, 0.1) is 0 Å². The number of likely N-dealkylation sites (tertiary alicyclic amines) is 1. The maximum absolute atomic E-state index is 11.2. The molecule has 0 bridgehead atoms. The highest BCUT2D eigenvalue weighted by Gasteiger charge is 2.19. The molecule has 0 spiro atoms. The van der Waals surface area contributed by atoms with Crippen LogP contribution in [0.5, 0.6) is 0 Å². The van der Waals surface area contributed by atoms with Crippen molar-refractivity contribution in [2.75, 3.05) is 26.2 Å². The minimum atomic E-state index is 0.0596. The Balaban J connectivity index is 0.000000282. The third-order valence-corrected chi connectivity index (χ3v) is 9.56. The second-order valence-corrected chi connectivity index (χ2v) is 12.8. The fourth-order valence-corrected chi connectivity index (χ4v) is 6.42. The molecule has 2 aliphatic rings. The Labute approximate surface area is 244 Å². The number of hydrogen-bond acceptors (Lipinski definition) is 7. The molecule has 2 aliphatic heterocycles. The number of aromatic nitrogens is 2. The number of piperidine rings is 2. The Bertz CT molecular complexity index is 1030. The van der Waals surface area contributed by atoms with E-state index in [4.69, 9.17) is 0 Å². The first-order valence-electron chi connectivity index (χ1n) is 14.9. The highest BCUT2D eigenvalue weighted by Crippen LogP contribution is 2.22. The van der Waals surface area contributed by atoms with Gasteiger partial charge >= 0.3 is 9.75 Å². The molecule has 0 radical (unpaired) electrons. The van der Waals surface area contributed by atoms with Crippen molar-refractivity contribution in [2.24, 2.45) is 11.8 Å². The average molecular weight is 583 g/mol. The van der Waals surface area contributed by atoms with Crippen molar-refractivity contribution in [1.82, 2.24) is 20.2 Å². The fourth-order valence-electron chi connectivity index (χ4n) is 4.76. The zero-order valence-corrected chi connectivity index (χ0v) is 27.2. The van der Waals surface area contributed by atoms with Crippen molar-refractivity contribution in [1.29, 1.82) is 0 Å². The van der Waals surface area contributed by atoms with Gasteiger partial charge in [0.15, 0.2) is 0 Å². The van der Waals surface area contributed by atoms with Crippen molar-refractivity contribution in [3.05, 3.63) is 40.5 Å². The molecule has 4 heterocycles. The standard InChI is InChI=1S/C12H20N2OS.C7H15N.C6H9NOS.C5H10O/c1-3-10-4-6-14(7-5-10)8-11-9(2)13-12(15)16-11;1-2-7-3-5-8-6-4-7;1-3-5-4(2)7-6(8)9-5;1-3-4-5(2)6/h10H,3-8H2,1-2H3,(H,13,15);7-8H,2-6H2,1H3;3H2,1-2H3,(H,7,8);3-4H2,1-2H3. The summed E-state index contributed by atoms with van der Waals surface area (Å²) in [5.74, 6) is 2.23. The Hall–Kier alpha value is -1.55. The summed E-state index contributed by atoms with van der Waals surface area (Å²) in [4.78, 5) is 42.4. The molecule has 2 saturated heterocycles. The van der Waals surface area contributed by atoms with Gasteiger partial charge in [-0.1, -0.05) is 63.2 Å². The van der Waals surface area contributed by atoms with E-state index in [0.29, 0.717) is 0 Å². The smallest absolute Gasteiger partial charge is 0.304 e. The predicted octanol–water partition coefficient (Wildman–Crippen LogP) is 6.45. The van der Waals surface area contributed by atoms with Crippen LogP contribution in [0.15, 0.2) is 9.59 Å². The summed E-state index contributed by atoms with van der Waals surface area (Å²) < 4.78 is 0. The van der Waals surface area contributed by atoms with Gasteiger partial charge in [-0.2, -0.15) is 0 Å². The monoisotopic (exact) mass is 582 g/mol. The minimum Gasteiger partial charge on any atom is -0.317 e. The van der Waals surface area contributed by atoms with Crippen LogP contribution in [0.1, 0.15) is 107 Å². The molecule has 0 saturated carbocycles. The number of thiazole rings is 2. The van der Waals surface area contributed by atoms with E-state index in [0.717, 1.165) is 49.0 Å². The SMILES string of the molecule is CCC1CCN(Cc2sc(=O)[nH]c2C)CC1.CCC1CCNCC1.CCCC(C)=O.CCc1sc(=O)[nH]c1C. The molecule has 0 aliphatic carbocycles. The molecule has 7 nitrogen and oxygen atoms in total. The normalized spacial score (nSPS) is 16.3. The lowest BCUT2D eigenvalue weighted by molar-refractivity contribution is -0.117. The van der Waals surface area contributed by atoms with Crippen LogP contribution < -0.4 is 15.1 Å². The van der Waals surface area contributed by atoms with Crippen LogP contribution in [0.4, 0.5) is 0 Å². The molecule has 0 aromatic carbocycles. The number of H-pyrrole nitrogens is 2. The van der Waals surface area contributed by atoms with Crippen molar-refractivity contribution in [3.8, 4) is 0 Å². The van der Waals surface area contributed by atoms with Gasteiger partial charge in [0.1, 0.15) is 5.78 Å². The van der Waals surface area contributed by atoms with E-state index in [1.165, 1.54) is 97.1 Å². The number of Topliss-reactive ketones (excluding diaryl/α,β-unsaturated/α-hetero) is 1. The fraction of sp³-hybridized carbons (Fsp3) is 0.767. The topological polar surface area (TPSA) is 98.1 Å². The Morgan fingerprint density at radius 2 is 1.31 bits per heavy atom. The summed E-state index contributed by atoms with van der Waals surface area (Å²) in [5, 5.41) is 3.35. The third-order valence-electron chi connectivity index (χ3n) is 7.46. The predicted molar refractivity (Wildman–Crippen MR) is 168 cm³/mol. The Kier molecular flexibility index (Phi) is 18.5. The van der Waals surface area contributed by atoms with Gasteiger partial charge < -0.3 is 20.1 Å². The summed E-state index contributed by atoms with van der Waals surface area (Å²) in [6, 6.07) is 0. The lowest BCUT2D eigenvalue weighted by Crippen LogP contribution is -2.32. The van der Waals surface area contributed by atoms with E-state index < -0.39 is 0 Å². The second-order valence-electron chi connectivity index (χ2n) is 10.7. The van der Waals surface area contributed by atoms with E-state index in [2.05, 4.69) is 34.0 Å². The van der Waals surface area contributed by atoms with E-state index in [1.807, 2.05) is 27.7 Å². The van der Waals surface area contributed by atoms with Crippen molar-refractivity contribution >= 4 is 28.5 Å². The lowest BCUT2D eigenvalue weighted by atomic mass is 9.94. The van der Waals surface area contributed by atoms with Crippen molar-refractivity contribution in [2.45, 2.75) is 113 Å². The van der Waals surface area contributed by atoms with E-state index in [1.54, 1.807) is 6.92 Å². The Morgan fingerprint density at radius 1 is 0.821 bits per heavy atom. The molecule has 9 heteroatoms. The number of aryl methyl sites for hydroxylation is 3. The zero-order valence-electron chi connectivity index (χ0n) is 25.5. The molecule has 2 aromatic rings. The third kappa shape index (κ3) is 15.1. The van der Waals surface area contributed by atoms with Crippen molar-refractivity contribution in [3.63, 3.8) is 0 Å². The van der Waals surface area contributed by atoms with Crippen LogP contribution in [0.2, 0.25) is 0 Å². The molecular weight excluding hydrogens is 528 g/mol. The maximum Gasteiger partial charge on any atom is 0.304 e. The van der Waals surface area contributed by atoms with Crippen LogP contribution in [-0.4, -0.2) is 46.8 Å². The molecule has 4 rings (SSSR count). The molecule has 2 fully saturated rings. The van der Waals surface area contributed by atoms with Crippen LogP contribution in [0.25, 0.3) is 0 Å². The van der Waals surface area contributed by atoms with Crippen LogP contribution >= 0.6 is 22.7 Å². The first-order chi connectivity index (χ1) is 18.6. The molecule has 0 atom stereocenters. The summed E-state index contributed by atoms with van der Waals surface area (Å²) in [6.45, 7) is 20.0. The summed E-state index contributed by atoms with van der Waals surface area (Å²) >= 11 is 2.67. The Morgan fingerprint density at radius 3 is 1.62 bits per heavy atom. The highest BCUT2D eigenvalue weighted by atomic mass is 32.1. The molecular formula is C30H54N4O3S2. The molecule has 39 heavy (non-hydrogen) atoms. The maximum atomic E-state index is 11.2. The van der Waals surface area contributed by atoms with Gasteiger partial charge in [-0.15, -0.1) is 0 Å². The first kappa shape index (κ1) is 35.5. The number of rotatable bonds is 7. The zero-order chi connectivity index (χ0) is 29.2. The van der Waals surface area contributed by atoms with Crippen LogP contribution in [0, 0.1) is 25.7 Å². The first-order valence-corrected chi connectivity index (χ1v) is 16.6. The van der Waals surface area contributed by atoms with Crippen LogP contribution in [0.3, 0.4) is 0 Å². The molecule has 0 unspecified atom stereocenters. The number of ketones is 1. The number of carbonyl (C=O) groups excluding carboxylic acids is 1. The quantitative estimate of drug-likeness (QED) is 0.349. The van der Waals surface area contributed by atoms with E-state index in [-0.39, 0.29) is 15.5 Å². The van der Waals surface area contributed by atoms with Crippen LogP contribution in [-0.2, 0) is 17.8 Å². The molecule has 224 valence electrons. The molecule has 2 aromatic heterocycles. The largest absolute Gasteiger partial charge is 0.317 e. The van der Waals surface area contributed by atoms with Gasteiger partial charge in [-0.25, -0.2) is 0 Å². The van der Waals surface area contributed by atoms with E-state index in [9.17, 15) is 14.4 Å². The van der Waals surface area contributed by atoms with Gasteiger partial charge in [0, 0.05) is 34.1 Å². The van der Waals surface area contributed by atoms with Crippen molar-refractivity contribution < 1.29 is 4.79 Å². The lowest BCUT2D eigenvalue weighted by Gasteiger charge is -2.31. The van der Waals surface area contributed by atoms with E-state index >= 15 is 0 Å². The van der Waals surface area contributed by atoms with Gasteiger partial charge in [-0.3, -0.25) is 14.5 Å². The number of hydrogen-bond donors (Lipinski definition) is 3. The van der Waals surface area contributed by atoms with Gasteiger partial charge in [-0.05, 0) is 97.3 Å². The number of nitrogens with one attached hydrogen (secondary N) is 3. The summed E-state index contributed by atoms with van der Waals surface area (Å²) in [5.41, 5.74) is 2.07.